The van der Waals surface area contributed by atoms with E-state index in [4.69, 9.17) is 16.3 Å². The van der Waals surface area contributed by atoms with Gasteiger partial charge in [-0.3, -0.25) is 4.79 Å². The van der Waals surface area contributed by atoms with Gasteiger partial charge >= 0.3 is 5.97 Å². The number of halogens is 1. The molecule has 120 valence electrons. The topological polar surface area (TPSA) is 55.4 Å². The fraction of sp³-hybridized carbons (Fsp3) is 0.176. The van der Waals surface area contributed by atoms with Gasteiger partial charge in [-0.15, -0.1) is 11.3 Å². The molecular formula is C17H16ClNO3S. The van der Waals surface area contributed by atoms with Crippen molar-refractivity contribution in [3.05, 3.63) is 56.9 Å². The third-order valence-electron chi connectivity index (χ3n) is 3.31. The van der Waals surface area contributed by atoms with E-state index in [1.807, 2.05) is 26.0 Å². The first-order valence-electron chi connectivity index (χ1n) is 6.85. The number of rotatable bonds is 4. The number of anilines is 1. The molecule has 23 heavy (non-hydrogen) atoms. The van der Waals surface area contributed by atoms with Crippen LogP contribution in [0.5, 0.6) is 0 Å². The highest BCUT2D eigenvalue weighted by molar-refractivity contribution is 7.16. The zero-order valence-electron chi connectivity index (χ0n) is 13.0. The molecule has 1 aromatic carbocycles. The van der Waals surface area contributed by atoms with Crippen LogP contribution in [-0.2, 0) is 9.53 Å². The van der Waals surface area contributed by atoms with Gasteiger partial charge in [0.25, 0.3) is 0 Å². The van der Waals surface area contributed by atoms with Gasteiger partial charge in [-0.1, -0.05) is 23.7 Å². The van der Waals surface area contributed by atoms with Gasteiger partial charge in [0.15, 0.2) is 0 Å². The summed E-state index contributed by atoms with van der Waals surface area (Å²) < 4.78 is 4.78. The summed E-state index contributed by atoms with van der Waals surface area (Å²) in [5.74, 6) is -0.768. The number of nitrogens with one attached hydrogen (secondary N) is 1. The Morgan fingerprint density at radius 2 is 1.87 bits per heavy atom. The summed E-state index contributed by atoms with van der Waals surface area (Å²) >= 11 is 7.17. The van der Waals surface area contributed by atoms with E-state index in [1.165, 1.54) is 24.5 Å². The maximum absolute atomic E-state index is 12.1. The maximum atomic E-state index is 12.1. The molecule has 0 unspecified atom stereocenters. The first kappa shape index (κ1) is 17.2. The molecule has 0 spiro atoms. The molecule has 1 N–H and O–H groups in total. The number of methoxy groups -OCH3 is 1. The molecule has 0 bridgehead atoms. The number of hydrogen-bond donors (Lipinski definition) is 1. The Morgan fingerprint density at radius 1 is 1.22 bits per heavy atom. The summed E-state index contributed by atoms with van der Waals surface area (Å²) in [5, 5.41) is 3.87. The van der Waals surface area contributed by atoms with Crippen LogP contribution in [0.15, 0.2) is 30.3 Å². The molecule has 0 atom stereocenters. The van der Waals surface area contributed by atoms with E-state index in [0.29, 0.717) is 15.6 Å². The van der Waals surface area contributed by atoms with Crippen molar-refractivity contribution in [2.24, 2.45) is 0 Å². The van der Waals surface area contributed by atoms with Crippen LogP contribution in [0.25, 0.3) is 6.08 Å². The molecule has 0 radical (unpaired) electrons. The highest BCUT2D eigenvalue weighted by Gasteiger charge is 2.20. The van der Waals surface area contributed by atoms with Crippen LogP contribution in [0.4, 0.5) is 5.00 Å². The highest BCUT2D eigenvalue weighted by Crippen LogP contribution is 2.32. The second kappa shape index (κ2) is 7.44. The van der Waals surface area contributed by atoms with Crippen LogP contribution < -0.4 is 5.32 Å². The smallest absolute Gasteiger partial charge is 0.341 e. The van der Waals surface area contributed by atoms with Crippen LogP contribution in [-0.4, -0.2) is 19.0 Å². The van der Waals surface area contributed by atoms with Crippen molar-refractivity contribution in [3.8, 4) is 0 Å². The second-order valence-corrected chi connectivity index (χ2v) is 6.51. The minimum Gasteiger partial charge on any atom is -0.465 e. The Bertz CT molecular complexity index is 763. The minimum atomic E-state index is -0.455. The van der Waals surface area contributed by atoms with Gasteiger partial charge in [0.2, 0.25) is 5.91 Å². The van der Waals surface area contributed by atoms with Gasteiger partial charge in [0.1, 0.15) is 5.00 Å². The van der Waals surface area contributed by atoms with Crippen molar-refractivity contribution in [1.29, 1.82) is 0 Å². The predicted octanol–water partition coefficient (Wildman–Crippen LogP) is 4.46. The third-order valence-corrected chi connectivity index (χ3v) is 4.68. The molecule has 1 aromatic heterocycles. The summed E-state index contributed by atoms with van der Waals surface area (Å²) in [6, 6.07) is 7.12. The first-order valence-corrected chi connectivity index (χ1v) is 8.04. The molecule has 4 nitrogen and oxygen atoms in total. The molecule has 0 saturated heterocycles. The number of aryl methyl sites for hydroxylation is 1. The third kappa shape index (κ3) is 4.21. The molecule has 0 aliphatic rings. The van der Waals surface area contributed by atoms with Crippen LogP contribution in [0.2, 0.25) is 5.02 Å². The lowest BCUT2D eigenvalue weighted by Gasteiger charge is -2.04. The number of esters is 1. The molecule has 1 amide bonds. The minimum absolute atomic E-state index is 0.314. The Morgan fingerprint density at radius 3 is 2.48 bits per heavy atom. The molecule has 2 rings (SSSR count). The molecular weight excluding hydrogens is 334 g/mol. The molecule has 0 saturated carbocycles. The predicted molar refractivity (Wildman–Crippen MR) is 94.2 cm³/mol. The Kier molecular flexibility index (Phi) is 5.58. The lowest BCUT2D eigenvalue weighted by molar-refractivity contribution is -0.111. The lowest BCUT2D eigenvalue weighted by atomic mass is 10.1. The van der Waals surface area contributed by atoms with Gasteiger partial charge in [-0.2, -0.15) is 0 Å². The van der Waals surface area contributed by atoms with Crippen molar-refractivity contribution >= 4 is 45.9 Å². The number of amides is 1. The van der Waals surface area contributed by atoms with Gasteiger partial charge in [0.05, 0.1) is 12.7 Å². The summed E-state index contributed by atoms with van der Waals surface area (Å²) in [7, 11) is 1.32. The lowest BCUT2D eigenvalue weighted by Crippen LogP contribution is -2.11. The average molecular weight is 350 g/mol. The average Bonchev–Trinajstić information content (AvgIpc) is 2.80. The number of thiophene rings is 1. The van der Waals surface area contributed by atoms with Crippen molar-refractivity contribution in [1.82, 2.24) is 0 Å². The monoisotopic (exact) mass is 349 g/mol. The standard InChI is InChI=1S/C17H16ClNO3S/c1-10-11(2)23-16(15(10)17(21)22-3)19-14(20)9-6-12-4-7-13(18)8-5-12/h4-9H,1-3H3,(H,19,20). The second-order valence-electron chi connectivity index (χ2n) is 4.85. The van der Waals surface area contributed by atoms with Crippen LogP contribution >= 0.6 is 22.9 Å². The Hall–Kier alpha value is -2.11. The van der Waals surface area contributed by atoms with E-state index in [-0.39, 0.29) is 5.91 Å². The van der Waals surface area contributed by atoms with Crippen molar-refractivity contribution in [2.45, 2.75) is 13.8 Å². The van der Waals surface area contributed by atoms with E-state index in [9.17, 15) is 9.59 Å². The Labute approximate surface area is 143 Å². The number of carbonyl (C=O) groups excluding carboxylic acids is 2. The van der Waals surface area contributed by atoms with E-state index in [0.717, 1.165) is 16.0 Å². The quantitative estimate of drug-likeness (QED) is 0.655. The summed E-state index contributed by atoms with van der Waals surface area (Å²) in [6.45, 7) is 3.73. The van der Waals surface area contributed by atoms with Gasteiger partial charge < -0.3 is 10.1 Å². The number of hydrogen-bond acceptors (Lipinski definition) is 4. The molecule has 6 heteroatoms. The molecule has 0 aliphatic carbocycles. The molecule has 0 aliphatic heterocycles. The summed E-state index contributed by atoms with van der Waals surface area (Å²) in [4.78, 5) is 24.9. The zero-order valence-corrected chi connectivity index (χ0v) is 14.5. The SMILES string of the molecule is COC(=O)c1c(NC(=O)C=Cc2ccc(Cl)cc2)sc(C)c1C. The van der Waals surface area contributed by atoms with Gasteiger partial charge in [0, 0.05) is 16.0 Å². The number of ether oxygens (including phenoxy) is 1. The highest BCUT2D eigenvalue weighted by atomic mass is 35.5. The van der Waals surface area contributed by atoms with Crippen molar-refractivity contribution in [3.63, 3.8) is 0 Å². The van der Waals surface area contributed by atoms with Crippen LogP contribution in [0.3, 0.4) is 0 Å². The van der Waals surface area contributed by atoms with Crippen LogP contribution in [0.1, 0.15) is 26.4 Å². The summed E-state index contributed by atoms with van der Waals surface area (Å²) in [5.41, 5.74) is 2.08. The van der Waals surface area contributed by atoms with Gasteiger partial charge in [-0.05, 0) is 43.2 Å². The fourth-order valence-electron chi connectivity index (χ4n) is 1.96. The van der Waals surface area contributed by atoms with Crippen molar-refractivity contribution in [2.75, 3.05) is 12.4 Å². The van der Waals surface area contributed by atoms with E-state index in [1.54, 1.807) is 18.2 Å². The van der Waals surface area contributed by atoms with Crippen molar-refractivity contribution < 1.29 is 14.3 Å². The largest absolute Gasteiger partial charge is 0.465 e. The summed E-state index contributed by atoms with van der Waals surface area (Å²) in [6.07, 6.45) is 3.09. The van der Waals surface area contributed by atoms with Gasteiger partial charge in [-0.25, -0.2) is 4.79 Å². The normalized spacial score (nSPS) is 10.8. The molecule has 2 aromatic rings. The number of carbonyl (C=O) groups is 2. The first-order chi connectivity index (χ1) is 10.9. The number of benzene rings is 1. The van der Waals surface area contributed by atoms with E-state index in [2.05, 4.69) is 5.32 Å². The zero-order chi connectivity index (χ0) is 17.0. The maximum Gasteiger partial charge on any atom is 0.341 e. The molecule has 0 fully saturated rings. The van der Waals surface area contributed by atoms with E-state index >= 15 is 0 Å². The van der Waals surface area contributed by atoms with E-state index < -0.39 is 5.97 Å². The molecule has 1 heterocycles. The Balaban J connectivity index is 2.16. The van der Waals surface area contributed by atoms with Crippen LogP contribution in [0, 0.1) is 13.8 Å². The fourth-order valence-corrected chi connectivity index (χ4v) is 3.14.